The van der Waals surface area contributed by atoms with E-state index in [-0.39, 0.29) is 22.6 Å². The van der Waals surface area contributed by atoms with Crippen LogP contribution in [0.1, 0.15) is 75.0 Å². The molecule has 0 radical (unpaired) electrons. The standard InChI is InChI=1S/C30H36N2O2/c1-29(2,3)23-15-10-21(11-16-23)12-19-27(33)31-25-8-7-9-26(20-25)32-28(34)22-13-17-24(18-14-22)30(4,5)6/h7-11,13-18,20H,12,19H2,1-6H3,(H,31,33)(H,32,34). The minimum atomic E-state index is -0.178. The first kappa shape index (κ1) is 25.2. The predicted molar refractivity (Wildman–Crippen MR) is 142 cm³/mol. The summed E-state index contributed by atoms with van der Waals surface area (Å²) >= 11 is 0. The Morgan fingerprint density at radius 3 is 1.71 bits per heavy atom. The van der Waals surface area contributed by atoms with Gasteiger partial charge in [0.15, 0.2) is 0 Å². The molecular formula is C30H36N2O2. The second kappa shape index (κ2) is 10.3. The van der Waals surface area contributed by atoms with E-state index in [4.69, 9.17) is 0 Å². The van der Waals surface area contributed by atoms with Crippen LogP contribution in [0.4, 0.5) is 11.4 Å². The number of rotatable bonds is 6. The maximum atomic E-state index is 12.7. The van der Waals surface area contributed by atoms with E-state index in [0.29, 0.717) is 29.8 Å². The van der Waals surface area contributed by atoms with Crippen molar-refractivity contribution in [1.29, 1.82) is 0 Å². The van der Waals surface area contributed by atoms with Crippen LogP contribution in [0.3, 0.4) is 0 Å². The van der Waals surface area contributed by atoms with E-state index in [1.165, 1.54) is 11.1 Å². The monoisotopic (exact) mass is 456 g/mol. The molecule has 4 heteroatoms. The van der Waals surface area contributed by atoms with Crippen LogP contribution >= 0.6 is 0 Å². The normalized spacial score (nSPS) is 11.7. The van der Waals surface area contributed by atoms with Crippen LogP contribution in [-0.4, -0.2) is 11.8 Å². The summed E-state index contributed by atoms with van der Waals surface area (Å²) in [5.41, 5.74) is 5.66. The zero-order valence-corrected chi connectivity index (χ0v) is 21.2. The summed E-state index contributed by atoms with van der Waals surface area (Å²) in [5, 5.41) is 5.85. The predicted octanol–water partition coefficient (Wildman–Crippen LogP) is 7.11. The number of hydrogen-bond acceptors (Lipinski definition) is 2. The van der Waals surface area contributed by atoms with E-state index in [0.717, 1.165) is 5.56 Å². The first-order valence-electron chi connectivity index (χ1n) is 11.8. The highest BCUT2D eigenvalue weighted by Gasteiger charge is 2.15. The number of hydrogen-bond donors (Lipinski definition) is 2. The Morgan fingerprint density at radius 2 is 1.18 bits per heavy atom. The van der Waals surface area contributed by atoms with Gasteiger partial charge in [-0.15, -0.1) is 0 Å². The maximum Gasteiger partial charge on any atom is 0.255 e. The first-order valence-corrected chi connectivity index (χ1v) is 11.8. The quantitative estimate of drug-likeness (QED) is 0.415. The summed E-state index contributed by atoms with van der Waals surface area (Å²) in [6, 6.07) is 23.4. The second-order valence-electron chi connectivity index (χ2n) is 10.9. The van der Waals surface area contributed by atoms with E-state index in [1.54, 1.807) is 6.07 Å². The average molecular weight is 457 g/mol. The van der Waals surface area contributed by atoms with Gasteiger partial charge in [-0.25, -0.2) is 0 Å². The molecule has 4 nitrogen and oxygen atoms in total. The molecule has 3 aromatic rings. The van der Waals surface area contributed by atoms with Crippen LogP contribution in [0.2, 0.25) is 0 Å². The molecule has 0 fully saturated rings. The van der Waals surface area contributed by atoms with E-state index < -0.39 is 0 Å². The van der Waals surface area contributed by atoms with E-state index >= 15 is 0 Å². The van der Waals surface area contributed by atoms with Crippen LogP contribution < -0.4 is 10.6 Å². The SMILES string of the molecule is CC(C)(C)c1ccc(CCC(=O)Nc2cccc(NC(=O)c3ccc(C(C)(C)C)cc3)c2)cc1. The fourth-order valence-electron chi connectivity index (χ4n) is 3.65. The molecule has 0 heterocycles. The number of benzene rings is 3. The van der Waals surface area contributed by atoms with Gasteiger partial charge in [-0.05, 0) is 64.3 Å². The fraction of sp³-hybridized carbons (Fsp3) is 0.333. The zero-order valence-electron chi connectivity index (χ0n) is 21.2. The first-order chi connectivity index (χ1) is 15.9. The lowest BCUT2D eigenvalue weighted by atomic mass is 9.86. The van der Waals surface area contributed by atoms with Gasteiger partial charge in [0.2, 0.25) is 5.91 Å². The Labute approximate surface area is 203 Å². The van der Waals surface area contributed by atoms with Gasteiger partial charge in [0.1, 0.15) is 0 Å². The highest BCUT2D eigenvalue weighted by Crippen LogP contribution is 2.24. The van der Waals surface area contributed by atoms with Gasteiger partial charge >= 0.3 is 0 Å². The van der Waals surface area contributed by atoms with Crippen LogP contribution in [0.15, 0.2) is 72.8 Å². The summed E-state index contributed by atoms with van der Waals surface area (Å²) in [6.07, 6.45) is 1.07. The molecule has 0 aliphatic carbocycles. The molecule has 2 amide bonds. The van der Waals surface area contributed by atoms with Crippen LogP contribution in [-0.2, 0) is 22.0 Å². The molecule has 0 aliphatic heterocycles. The molecule has 0 bridgehead atoms. The second-order valence-corrected chi connectivity index (χ2v) is 10.9. The van der Waals surface area contributed by atoms with E-state index in [9.17, 15) is 9.59 Å². The number of carbonyl (C=O) groups is 2. The molecule has 34 heavy (non-hydrogen) atoms. The number of anilines is 2. The van der Waals surface area contributed by atoms with Crippen molar-refractivity contribution in [3.05, 3.63) is 95.1 Å². The summed E-state index contributed by atoms with van der Waals surface area (Å²) in [7, 11) is 0. The molecule has 3 rings (SSSR count). The average Bonchev–Trinajstić information content (AvgIpc) is 2.77. The van der Waals surface area contributed by atoms with Crippen molar-refractivity contribution < 1.29 is 9.59 Å². The van der Waals surface area contributed by atoms with Crippen molar-refractivity contribution >= 4 is 23.2 Å². The van der Waals surface area contributed by atoms with Crippen molar-refractivity contribution in [3.8, 4) is 0 Å². The van der Waals surface area contributed by atoms with Crippen molar-refractivity contribution in [2.75, 3.05) is 10.6 Å². The highest BCUT2D eigenvalue weighted by atomic mass is 16.2. The van der Waals surface area contributed by atoms with Gasteiger partial charge in [-0.3, -0.25) is 9.59 Å². The molecule has 178 valence electrons. The van der Waals surface area contributed by atoms with Crippen molar-refractivity contribution in [2.24, 2.45) is 0 Å². The number of carbonyl (C=O) groups excluding carboxylic acids is 2. The molecule has 0 atom stereocenters. The number of amides is 2. The minimum absolute atomic E-state index is 0.0391. The largest absolute Gasteiger partial charge is 0.326 e. The molecule has 0 saturated carbocycles. The molecular weight excluding hydrogens is 420 g/mol. The van der Waals surface area contributed by atoms with Crippen molar-refractivity contribution in [1.82, 2.24) is 0 Å². The number of aryl methyl sites for hydroxylation is 1. The maximum absolute atomic E-state index is 12.7. The summed E-state index contributed by atoms with van der Waals surface area (Å²) < 4.78 is 0. The lowest BCUT2D eigenvalue weighted by Gasteiger charge is -2.19. The third kappa shape index (κ3) is 7.05. The third-order valence-corrected chi connectivity index (χ3v) is 5.88. The van der Waals surface area contributed by atoms with Gasteiger partial charge in [0.25, 0.3) is 5.91 Å². The van der Waals surface area contributed by atoms with Crippen LogP contribution in [0.5, 0.6) is 0 Å². The Hall–Kier alpha value is -3.40. The fourth-order valence-corrected chi connectivity index (χ4v) is 3.65. The van der Waals surface area contributed by atoms with Crippen LogP contribution in [0.25, 0.3) is 0 Å². The van der Waals surface area contributed by atoms with E-state index in [1.807, 2.05) is 42.5 Å². The third-order valence-electron chi connectivity index (χ3n) is 5.88. The van der Waals surface area contributed by atoms with Crippen molar-refractivity contribution in [3.63, 3.8) is 0 Å². The topological polar surface area (TPSA) is 58.2 Å². The van der Waals surface area contributed by atoms with Gasteiger partial charge in [-0.1, -0.05) is 84.0 Å². The Kier molecular flexibility index (Phi) is 7.61. The molecule has 0 saturated heterocycles. The lowest BCUT2D eigenvalue weighted by Crippen LogP contribution is -2.15. The Bertz CT molecular complexity index is 1130. The summed E-state index contributed by atoms with van der Waals surface area (Å²) in [6.45, 7) is 13.0. The minimum Gasteiger partial charge on any atom is -0.326 e. The molecule has 0 unspecified atom stereocenters. The molecule has 2 N–H and O–H groups in total. The van der Waals surface area contributed by atoms with Gasteiger partial charge < -0.3 is 10.6 Å². The van der Waals surface area contributed by atoms with Crippen molar-refractivity contribution in [2.45, 2.75) is 65.2 Å². The molecule has 0 spiro atoms. The smallest absolute Gasteiger partial charge is 0.255 e. The van der Waals surface area contributed by atoms with Crippen LogP contribution in [0, 0.1) is 0 Å². The number of nitrogens with one attached hydrogen (secondary N) is 2. The summed E-state index contributed by atoms with van der Waals surface area (Å²) in [5.74, 6) is -0.233. The van der Waals surface area contributed by atoms with Gasteiger partial charge in [0, 0.05) is 23.4 Å². The molecule has 0 aromatic heterocycles. The van der Waals surface area contributed by atoms with E-state index in [2.05, 4.69) is 76.4 Å². The summed E-state index contributed by atoms with van der Waals surface area (Å²) in [4.78, 5) is 25.1. The molecule has 0 aliphatic rings. The Morgan fingerprint density at radius 1 is 0.676 bits per heavy atom. The lowest BCUT2D eigenvalue weighted by molar-refractivity contribution is -0.116. The highest BCUT2D eigenvalue weighted by molar-refractivity contribution is 6.04. The van der Waals surface area contributed by atoms with Gasteiger partial charge in [-0.2, -0.15) is 0 Å². The molecule has 3 aromatic carbocycles. The Balaban J connectivity index is 1.55. The zero-order chi connectivity index (χ0) is 24.9. The van der Waals surface area contributed by atoms with Gasteiger partial charge in [0.05, 0.1) is 0 Å².